The summed E-state index contributed by atoms with van der Waals surface area (Å²) in [6, 6.07) is 3.17. The number of terminal acetylenes is 1. The SMILES string of the molecule is C#Cc1cc(COCC(=O)OC(C)(C)C)cc(C(=O)O)c1C. The van der Waals surface area contributed by atoms with Crippen LogP contribution < -0.4 is 0 Å². The summed E-state index contributed by atoms with van der Waals surface area (Å²) >= 11 is 0. The normalized spacial score (nSPS) is 10.9. The maximum Gasteiger partial charge on any atom is 0.336 e. The van der Waals surface area contributed by atoms with Crippen molar-refractivity contribution in [2.24, 2.45) is 0 Å². The second kappa shape index (κ2) is 7.10. The van der Waals surface area contributed by atoms with E-state index in [1.54, 1.807) is 33.8 Å². The third kappa shape index (κ3) is 5.23. The van der Waals surface area contributed by atoms with Crippen molar-refractivity contribution in [2.75, 3.05) is 6.61 Å². The van der Waals surface area contributed by atoms with Crippen molar-refractivity contribution in [3.63, 3.8) is 0 Å². The summed E-state index contributed by atoms with van der Waals surface area (Å²) in [4.78, 5) is 22.7. The van der Waals surface area contributed by atoms with E-state index in [9.17, 15) is 9.59 Å². The number of carbonyl (C=O) groups excluding carboxylic acids is 1. The number of hydrogen-bond donors (Lipinski definition) is 1. The summed E-state index contributed by atoms with van der Waals surface area (Å²) in [5, 5.41) is 9.17. The first-order valence-electron chi connectivity index (χ1n) is 6.77. The van der Waals surface area contributed by atoms with Crippen molar-refractivity contribution in [2.45, 2.75) is 39.9 Å². The summed E-state index contributed by atoms with van der Waals surface area (Å²) in [5.41, 5.74) is 1.18. The highest BCUT2D eigenvalue weighted by Gasteiger charge is 2.16. The standard InChI is InChI=1S/C17H20O5/c1-6-13-7-12(8-14(11(13)2)16(19)20)9-21-10-15(18)22-17(3,4)5/h1,7-8H,9-10H2,2-5H3,(H,19,20). The Labute approximate surface area is 130 Å². The molecule has 1 N–H and O–H groups in total. The quantitative estimate of drug-likeness (QED) is 0.668. The van der Waals surface area contributed by atoms with E-state index in [2.05, 4.69) is 5.92 Å². The lowest BCUT2D eigenvalue weighted by molar-refractivity contribution is -0.160. The van der Waals surface area contributed by atoms with Crippen molar-refractivity contribution in [1.82, 2.24) is 0 Å². The molecule has 0 aromatic heterocycles. The first-order valence-corrected chi connectivity index (χ1v) is 6.77. The Hall–Kier alpha value is -2.32. The van der Waals surface area contributed by atoms with E-state index in [0.717, 1.165) is 0 Å². The van der Waals surface area contributed by atoms with Gasteiger partial charge in [-0.05, 0) is 51.0 Å². The molecule has 1 rings (SSSR count). The fourth-order valence-corrected chi connectivity index (χ4v) is 1.85. The fourth-order valence-electron chi connectivity index (χ4n) is 1.85. The highest BCUT2D eigenvalue weighted by molar-refractivity contribution is 5.90. The molecule has 0 radical (unpaired) electrons. The van der Waals surface area contributed by atoms with Gasteiger partial charge in [-0.15, -0.1) is 6.42 Å². The maximum atomic E-state index is 11.5. The molecule has 0 heterocycles. The van der Waals surface area contributed by atoms with Crippen molar-refractivity contribution in [1.29, 1.82) is 0 Å². The molecular formula is C17H20O5. The summed E-state index contributed by atoms with van der Waals surface area (Å²) in [7, 11) is 0. The Morgan fingerprint density at radius 3 is 2.45 bits per heavy atom. The molecule has 0 saturated heterocycles. The Morgan fingerprint density at radius 2 is 1.95 bits per heavy atom. The van der Waals surface area contributed by atoms with Crippen molar-refractivity contribution >= 4 is 11.9 Å². The molecule has 0 aliphatic heterocycles. The van der Waals surface area contributed by atoms with Crippen LogP contribution in [0.5, 0.6) is 0 Å². The number of carboxylic acid groups (broad SMARTS) is 1. The van der Waals surface area contributed by atoms with E-state index >= 15 is 0 Å². The minimum Gasteiger partial charge on any atom is -0.478 e. The minimum absolute atomic E-state index is 0.0779. The number of ether oxygens (including phenoxy) is 2. The Kier molecular flexibility index (Phi) is 5.72. The first kappa shape index (κ1) is 17.7. The van der Waals surface area contributed by atoms with Gasteiger partial charge in [0.25, 0.3) is 0 Å². The molecule has 0 aliphatic rings. The third-order valence-electron chi connectivity index (χ3n) is 2.76. The summed E-state index contributed by atoms with van der Waals surface area (Å²) < 4.78 is 10.4. The van der Waals surface area contributed by atoms with E-state index in [1.807, 2.05) is 0 Å². The highest BCUT2D eigenvalue weighted by Crippen LogP contribution is 2.17. The molecule has 0 saturated carbocycles. The first-order chi connectivity index (χ1) is 10.1. The lowest BCUT2D eigenvalue weighted by atomic mass is 9.99. The van der Waals surface area contributed by atoms with Crippen LogP contribution in [-0.4, -0.2) is 29.3 Å². The average Bonchev–Trinajstić information content (AvgIpc) is 2.37. The van der Waals surface area contributed by atoms with Crippen LogP contribution in [-0.2, 0) is 20.9 Å². The summed E-state index contributed by atoms with van der Waals surface area (Å²) in [5.74, 6) is 0.921. The maximum absolute atomic E-state index is 11.5. The molecule has 0 aliphatic carbocycles. The van der Waals surface area contributed by atoms with E-state index in [-0.39, 0.29) is 18.8 Å². The van der Waals surface area contributed by atoms with Gasteiger partial charge in [-0.2, -0.15) is 0 Å². The zero-order valence-corrected chi connectivity index (χ0v) is 13.2. The molecule has 22 heavy (non-hydrogen) atoms. The van der Waals surface area contributed by atoms with Gasteiger partial charge in [0.05, 0.1) is 12.2 Å². The van der Waals surface area contributed by atoms with Crippen LogP contribution in [0.4, 0.5) is 0 Å². The molecule has 1 aromatic rings. The van der Waals surface area contributed by atoms with Crippen LogP contribution in [0, 0.1) is 19.3 Å². The number of rotatable bonds is 5. The number of carbonyl (C=O) groups is 2. The zero-order chi connectivity index (χ0) is 16.9. The zero-order valence-electron chi connectivity index (χ0n) is 13.2. The van der Waals surface area contributed by atoms with Gasteiger partial charge in [0, 0.05) is 5.56 Å². The van der Waals surface area contributed by atoms with Crippen LogP contribution >= 0.6 is 0 Å². The van der Waals surface area contributed by atoms with Gasteiger partial charge >= 0.3 is 11.9 Å². The Balaban J connectivity index is 2.75. The fraction of sp³-hybridized carbons (Fsp3) is 0.412. The second-order valence-electron chi connectivity index (χ2n) is 5.84. The molecule has 0 spiro atoms. The van der Waals surface area contributed by atoms with Crippen LogP contribution in [0.2, 0.25) is 0 Å². The molecule has 0 amide bonds. The molecule has 1 aromatic carbocycles. The van der Waals surface area contributed by atoms with Crippen molar-refractivity contribution in [3.8, 4) is 12.3 Å². The lowest BCUT2D eigenvalue weighted by Gasteiger charge is -2.19. The van der Waals surface area contributed by atoms with Crippen LogP contribution in [0.25, 0.3) is 0 Å². The highest BCUT2D eigenvalue weighted by atomic mass is 16.6. The largest absolute Gasteiger partial charge is 0.478 e. The Bertz CT molecular complexity index is 617. The third-order valence-corrected chi connectivity index (χ3v) is 2.76. The van der Waals surface area contributed by atoms with E-state index in [4.69, 9.17) is 21.0 Å². The predicted octanol–water partition coefficient (Wildman–Crippen LogP) is 2.53. The molecule has 0 unspecified atom stereocenters. The topological polar surface area (TPSA) is 72.8 Å². The minimum atomic E-state index is -1.05. The smallest absolute Gasteiger partial charge is 0.336 e. The van der Waals surface area contributed by atoms with Crippen molar-refractivity contribution < 1.29 is 24.2 Å². The summed E-state index contributed by atoms with van der Waals surface area (Å²) in [6.45, 7) is 6.83. The molecule has 0 atom stereocenters. The van der Waals surface area contributed by atoms with Gasteiger partial charge in [-0.1, -0.05) is 5.92 Å². The van der Waals surface area contributed by atoms with Crippen molar-refractivity contribution in [3.05, 3.63) is 34.4 Å². The predicted molar refractivity (Wildman–Crippen MR) is 81.6 cm³/mol. The van der Waals surface area contributed by atoms with Crippen LogP contribution in [0.1, 0.15) is 47.8 Å². The number of aromatic carboxylic acids is 1. The van der Waals surface area contributed by atoms with Gasteiger partial charge < -0.3 is 14.6 Å². The van der Waals surface area contributed by atoms with E-state index < -0.39 is 17.5 Å². The Morgan fingerprint density at radius 1 is 1.32 bits per heavy atom. The van der Waals surface area contributed by atoms with E-state index in [1.165, 1.54) is 6.07 Å². The second-order valence-corrected chi connectivity index (χ2v) is 5.84. The van der Waals surface area contributed by atoms with Crippen LogP contribution in [0.15, 0.2) is 12.1 Å². The molecule has 0 bridgehead atoms. The van der Waals surface area contributed by atoms with Crippen LogP contribution in [0.3, 0.4) is 0 Å². The average molecular weight is 304 g/mol. The van der Waals surface area contributed by atoms with Gasteiger partial charge in [-0.25, -0.2) is 9.59 Å². The molecule has 0 fully saturated rings. The molecule has 5 heteroatoms. The monoisotopic (exact) mass is 304 g/mol. The summed E-state index contributed by atoms with van der Waals surface area (Å²) in [6.07, 6.45) is 5.38. The van der Waals surface area contributed by atoms with Gasteiger partial charge in [0.15, 0.2) is 0 Å². The number of esters is 1. The molecule has 118 valence electrons. The number of carboxylic acids is 1. The number of hydrogen-bond acceptors (Lipinski definition) is 4. The lowest BCUT2D eigenvalue weighted by Crippen LogP contribution is -2.26. The molecular weight excluding hydrogens is 284 g/mol. The van der Waals surface area contributed by atoms with Gasteiger partial charge in [-0.3, -0.25) is 0 Å². The van der Waals surface area contributed by atoms with E-state index in [0.29, 0.717) is 16.7 Å². The van der Waals surface area contributed by atoms with Gasteiger partial charge in [0.1, 0.15) is 12.2 Å². The molecule has 5 nitrogen and oxygen atoms in total. The van der Waals surface area contributed by atoms with Gasteiger partial charge in [0.2, 0.25) is 0 Å². The number of benzene rings is 1.